The smallest absolute Gasteiger partial charge is 0.412 e. The predicted molar refractivity (Wildman–Crippen MR) is 76.9 cm³/mol. The summed E-state index contributed by atoms with van der Waals surface area (Å²) in [5.41, 5.74) is 3.48. The van der Waals surface area contributed by atoms with Gasteiger partial charge in [-0.15, -0.1) is 0 Å². The molecule has 0 spiro atoms. The van der Waals surface area contributed by atoms with Crippen molar-refractivity contribution >= 4 is 11.8 Å². The Morgan fingerprint density at radius 3 is 2.00 bits per heavy atom. The van der Waals surface area contributed by atoms with Crippen molar-refractivity contribution in [2.45, 2.75) is 54.1 Å². The second-order valence-electron chi connectivity index (χ2n) is 5.85. The van der Waals surface area contributed by atoms with Crippen molar-refractivity contribution in [3.05, 3.63) is 22.3 Å². The molecule has 0 fully saturated rings. The van der Waals surface area contributed by atoms with Crippen LogP contribution in [0.4, 0.5) is 10.5 Å². The summed E-state index contributed by atoms with van der Waals surface area (Å²) in [7, 11) is 0. The van der Waals surface area contributed by atoms with Crippen molar-refractivity contribution in [2.24, 2.45) is 0 Å². The van der Waals surface area contributed by atoms with Crippen molar-refractivity contribution in [2.75, 3.05) is 5.32 Å². The highest BCUT2D eigenvalue weighted by molar-refractivity contribution is 5.88. The molecule has 0 aromatic heterocycles. The van der Waals surface area contributed by atoms with Crippen LogP contribution in [0.1, 0.15) is 43.0 Å². The second-order valence-corrected chi connectivity index (χ2v) is 5.85. The Hall–Kier alpha value is -1.71. The lowest BCUT2D eigenvalue weighted by Gasteiger charge is -2.22. The molecule has 1 amide bonds. The topological polar surface area (TPSA) is 58.6 Å². The molecule has 0 aliphatic carbocycles. The van der Waals surface area contributed by atoms with Crippen LogP contribution in [0.3, 0.4) is 0 Å². The van der Waals surface area contributed by atoms with Gasteiger partial charge in [0.1, 0.15) is 11.4 Å². The van der Waals surface area contributed by atoms with Gasteiger partial charge in [0.2, 0.25) is 0 Å². The van der Waals surface area contributed by atoms with Crippen LogP contribution >= 0.6 is 0 Å². The Bertz CT molecular complexity index is 484. The molecule has 2 N–H and O–H groups in total. The monoisotopic (exact) mass is 265 g/mol. The summed E-state index contributed by atoms with van der Waals surface area (Å²) in [5.74, 6) is 0.217. The normalized spacial score (nSPS) is 11.3. The van der Waals surface area contributed by atoms with E-state index in [4.69, 9.17) is 4.74 Å². The first kappa shape index (κ1) is 15.3. The SMILES string of the molecule is Cc1c(C)c(O)c(C)c(NC(=O)OC(C)(C)C)c1C. The number of phenolic OH excluding ortho intramolecular Hbond substituents is 1. The molecular formula is C15H23NO3. The molecule has 19 heavy (non-hydrogen) atoms. The van der Waals surface area contributed by atoms with E-state index in [9.17, 15) is 9.90 Å². The number of hydrogen-bond acceptors (Lipinski definition) is 3. The molecule has 4 nitrogen and oxygen atoms in total. The molecular weight excluding hydrogens is 242 g/mol. The van der Waals surface area contributed by atoms with Crippen molar-refractivity contribution in [3.8, 4) is 5.75 Å². The third-order valence-electron chi connectivity index (χ3n) is 3.21. The van der Waals surface area contributed by atoms with E-state index in [2.05, 4.69) is 5.32 Å². The molecule has 0 radical (unpaired) electrons. The minimum absolute atomic E-state index is 0.217. The minimum Gasteiger partial charge on any atom is -0.507 e. The van der Waals surface area contributed by atoms with E-state index in [-0.39, 0.29) is 5.75 Å². The molecule has 0 saturated heterocycles. The maximum absolute atomic E-state index is 11.8. The fourth-order valence-electron chi connectivity index (χ4n) is 1.92. The van der Waals surface area contributed by atoms with Crippen LogP contribution in [0.25, 0.3) is 0 Å². The average molecular weight is 265 g/mol. The van der Waals surface area contributed by atoms with Crippen molar-refractivity contribution in [1.29, 1.82) is 0 Å². The first-order chi connectivity index (χ1) is 8.54. The zero-order valence-electron chi connectivity index (χ0n) is 12.8. The van der Waals surface area contributed by atoms with Crippen molar-refractivity contribution in [3.63, 3.8) is 0 Å². The van der Waals surface area contributed by atoms with Gasteiger partial charge < -0.3 is 9.84 Å². The Balaban J connectivity index is 3.13. The fourth-order valence-corrected chi connectivity index (χ4v) is 1.92. The number of phenols is 1. The van der Waals surface area contributed by atoms with Gasteiger partial charge in [-0.1, -0.05) is 0 Å². The third kappa shape index (κ3) is 3.40. The maximum Gasteiger partial charge on any atom is 0.412 e. The zero-order valence-corrected chi connectivity index (χ0v) is 12.8. The summed E-state index contributed by atoms with van der Waals surface area (Å²) in [6.45, 7) is 12.9. The lowest BCUT2D eigenvalue weighted by molar-refractivity contribution is 0.0635. The van der Waals surface area contributed by atoms with Gasteiger partial charge in [0.25, 0.3) is 0 Å². The van der Waals surface area contributed by atoms with E-state index in [0.29, 0.717) is 11.3 Å². The fraction of sp³-hybridized carbons (Fsp3) is 0.533. The molecule has 0 unspecified atom stereocenters. The highest BCUT2D eigenvalue weighted by Crippen LogP contribution is 2.35. The van der Waals surface area contributed by atoms with Crippen molar-refractivity contribution in [1.82, 2.24) is 0 Å². The molecule has 0 heterocycles. The molecule has 0 atom stereocenters. The summed E-state index contributed by atoms with van der Waals surface area (Å²) >= 11 is 0. The number of carbonyl (C=O) groups is 1. The van der Waals surface area contributed by atoms with Gasteiger partial charge in [0.05, 0.1) is 5.69 Å². The van der Waals surface area contributed by atoms with Crippen LogP contribution in [0.5, 0.6) is 5.75 Å². The van der Waals surface area contributed by atoms with Gasteiger partial charge >= 0.3 is 6.09 Å². The highest BCUT2D eigenvalue weighted by Gasteiger charge is 2.20. The number of nitrogens with one attached hydrogen (secondary N) is 1. The van der Waals surface area contributed by atoms with E-state index in [1.54, 1.807) is 6.92 Å². The number of amides is 1. The van der Waals surface area contributed by atoms with Crippen LogP contribution in [-0.2, 0) is 4.74 Å². The largest absolute Gasteiger partial charge is 0.507 e. The highest BCUT2D eigenvalue weighted by atomic mass is 16.6. The molecule has 1 aromatic rings. The summed E-state index contributed by atoms with van der Waals surface area (Å²) in [6.07, 6.45) is -0.513. The average Bonchev–Trinajstić information content (AvgIpc) is 2.27. The van der Waals surface area contributed by atoms with Gasteiger partial charge in [-0.25, -0.2) is 4.79 Å². The Morgan fingerprint density at radius 1 is 1.00 bits per heavy atom. The molecule has 0 aliphatic heterocycles. The number of benzene rings is 1. The third-order valence-corrected chi connectivity index (χ3v) is 3.21. The lowest BCUT2D eigenvalue weighted by Crippen LogP contribution is -2.27. The van der Waals surface area contributed by atoms with Gasteiger partial charge in [-0.3, -0.25) is 5.32 Å². The maximum atomic E-state index is 11.8. The molecule has 0 bridgehead atoms. The number of anilines is 1. The molecule has 0 saturated carbocycles. The van der Waals surface area contributed by atoms with E-state index in [1.807, 2.05) is 41.5 Å². The van der Waals surface area contributed by atoms with E-state index in [0.717, 1.165) is 16.7 Å². The van der Waals surface area contributed by atoms with Gasteiger partial charge in [0, 0.05) is 5.56 Å². The minimum atomic E-state index is -0.548. The van der Waals surface area contributed by atoms with E-state index < -0.39 is 11.7 Å². The first-order valence-corrected chi connectivity index (χ1v) is 6.34. The Labute approximate surface area is 114 Å². The van der Waals surface area contributed by atoms with E-state index >= 15 is 0 Å². The number of rotatable bonds is 1. The van der Waals surface area contributed by atoms with Gasteiger partial charge in [-0.05, 0) is 65.2 Å². The zero-order chi connectivity index (χ0) is 15.0. The van der Waals surface area contributed by atoms with Crippen molar-refractivity contribution < 1.29 is 14.6 Å². The lowest BCUT2D eigenvalue weighted by atomic mass is 9.97. The predicted octanol–water partition coefficient (Wildman–Crippen LogP) is 3.97. The number of carbonyl (C=O) groups excluding carboxylic acids is 1. The quantitative estimate of drug-likeness (QED) is 0.807. The van der Waals surface area contributed by atoms with Crippen LogP contribution in [0.2, 0.25) is 0 Å². The number of hydrogen-bond donors (Lipinski definition) is 2. The van der Waals surface area contributed by atoms with Crippen LogP contribution in [-0.4, -0.2) is 16.8 Å². The van der Waals surface area contributed by atoms with Crippen LogP contribution in [0.15, 0.2) is 0 Å². The van der Waals surface area contributed by atoms with E-state index in [1.165, 1.54) is 0 Å². The van der Waals surface area contributed by atoms with Crippen LogP contribution in [0, 0.1) is 27.7 Å². The summed E-state index contributed by atoms with van der Waals surface area (Å²) in [5, 5.41) is 12.8. The number of aromatic hydroxyl groups is 1. The summed E-state index contributed by atoms with van der Waals surface area (Å²) in [6, 6.07) is 0. The molecule has 1 rings (SSSR count). The standard InChI is InChI=1S/C15H23NO3/c1-8-9(2)12(11(4)13(17)10(8)3)16-14(18)19-15(5,6)7/h17H,1-7H3,(H,16,18). The molecule has 0 aliphatic rings. The van der Waals surface area contributed by atoms with Crippen LogP contribution < -0.4 is 5.32 Å². The number of ether oxygens (including phenoxy) is 1. The van der Waals surface area contributed by atoms with Gasteiger partial charge in [-0.2, -0.15) is 0 Å². The van der Waals surface area contributed by atoms with Gasteiger partial charge in [0.15, 0.2) is 0 Å². The summed E-state index contributed by atoms with van der Waals surface area (Å²) in [4.78, 5) is 11.8. The second kappa shape index (κ2) is 5.11. The molecule has 106 valence electrons. The molecule has 1 aromatic carbocycles. The molecule has 4 heteroatoms. The Morgan fingerprint density at radius 2 is 1.53 bits per heavy atom. The first-order valence-electron chi connectivity index (χ1n) is 6.34. The summed E-state index contributed by atoms with van der Waals surface area (Å²) < 4.78 is 5.23. The Kier molecular flexibility index (Phi) is 4.13.